The number of aliphatic hydroxyl groups is 2. The average molecular weight is 285 g/mol. The summed E-state index contributed by atoms with van der Waals surface area (Å²) in [6.45, 7) is -0.285. The van der Waals surface area contributed by atoms with Crippen molar-refractivity contribution in [3.63, 3.8) is 0 Å². The van der Waals surface area contributed by atoms with Crippen molar-refractivity contribution in [2.75, 3.05) is 12.3 Å². The molecule has 0 spiro atoms. The van der Waals surface area contributed by atoms with Crippen LogP contribution in [0.3, 0.4) is 0 Å². The summed E-state index contributed by atoms with van der Waals surface area (Å²) in [5, 5.41) is 17.6. The van der Waals surface area contributed by atoms with E-state index in [1.54, 1.807) is 0 Å². The Morgan fingerprint density at radius 2 is 2.21 bits per heavy atom. The lowest BCUT2D eigenvalue weighted by atomic mass is 10.1. The Morgan fingerprint density at radius 1 is 1.42 bits per heavy atom. The fraction of sp³-hybridized carbons (Fsp3) is 0.500. The topological polar surface area (TPSA) is 110 Å². The summed E-state index contributed by atoms with van der Waals surface area (Å²) in [4.78, 5) is 11.9. The molecule has 0 saturated carbocycles. The Morgan fingerprint density at radius 3 is 2.89 bits per heavy atom. The molecule has 19 heavy (non-hydrogen) atoms. The Balaban J connectivity index is 2.04. The molecule has 0 aromatic carbocycles. The van der Waals surface area contributed by atoms with Gasteiger partial charge in [0.25, 0.3) is 0 Å². The molecule has 0 aliphatic carbocycles. The highest BCUT2D eigenvalue weighted by atomic mass is 32.2. The van der Waals surface area contributed by atoms with Crippen molar-refractivity contribution < 1.29 is 14.6 Å². The monoisotopic (exact) mass is 285 g/mol. The molecule has 2 unspecified atom stereocenters. The normalized spacial score (nSPS) is 31.1. The molecule has 7 nitrogen and oxygen atoms in total. The number of nitrogens with two attached hydrogens (primary N) is 1. The first-order valence-corrected chi connectivity index (χ1v) is 6.59. The Labute approximate surface area is 111 Å². The average Bonchev–Trinajstić information content (AvgIpc) is 2.94. The first-order valence-electron chi connectivity index (χ1n) is 5.65. The molecule has 4 atom stereocenters. The summed E-state index contributed by atoms with van der Waals surface area (Å²) in [7, 11) is 0. The van der Waals surface area contributed by atoms with Gasteiger partial charge in [0.2, 0.25) is 0 Å². The number of thioether (sulfide) groups is 1. The summed E-state index contributed by atoms with van der Waals surface area (Å²) < 4.78 is 15.6. The summed E-state index contributed by atoms with van der Waals surface area (Å²) >= 11 is 1.15. The van der Waals surface area contributed by atoms with E-state index in [4.69, 9.17) is 10.8 Å². The van der Waals surface area contributed by atoms with Crippen LogP contribution in [0.15, 0.2) is 12.7 Å². The number of anilines is 1. The van der Waals surface area contributed by atoms with Crippen molar-refractivity contribution in [2.45, 2.75) is 22.9 Å². The minimum Gasteiger partial charge on any atom is -0.395 e. The molecule has 3 rings (SSSR count). The standard InChI is InChI=1S/C10H12FN5O2S/c11-5-7(18)4(1-17)19-10(5)16-3-15-6-8(12)13-2-14-9(6)16/h2-5,7,10,17-18H,1H2,(H2,12,13,14)/t4-,5?,7?,10-/m1/s1. The molecule has 9 heteroatoms. The van der Waals surface area contributed by atoms with Gasteiger partial charge in [-0.05, 0) is 0 Å². The predicted molar refractivity (Wildman–Crippen MR) is 68.1 cm³/mol. The number of hydrogen-bond acceptors (Lipinski definition) is 7. The fourth-order valence-electron chi connectivity index (χ4n) is 2.13. The van der Waals surface area contributed by atoms with Crippen LogP contribution in [0.5, 0.6) is 0 Å². The van der Waals surface area contributed by atoms with E-state index in [2.05, 4.69) is 15.0 Å². The maximum absolute atomic E-state index is 14.1. The maximum Gasteiger partial charge on any atom is 0.166 e. The van der Waals surface area contributed by atoms with Crippen LogP contribution in [-0.2, 0) is 0 Å². The van der Waals surface area contributed by atoms with Crippen LogP contribution in [0, 0.1) is 0 Å². The minimum absolute atomic E-state index is 0.224. The predicted octanol–water partition coefficient (Wildman–Crippen LogP) is -0.286. The number of hydrogen-bond donors (Lipinski definition) is 3. The van der Waals surface area contributed by atoms with Crippen LogP contribution < -0.4 is 5.73 Å². The highest BCUT2D eigenvalue weighted by molar-refractivity contribution is 8.00. The molecule has 102 valence electrons. The molecule has 0 bridgehead atoms. The van der Waals surface area contributed by atoms with Crippen molar-refractivity contribution >= 4 is 28.7 Å². The summed E-state index contributed by atoms with van der Waals surface area (Å²) in [6, 6.07) is 0. The second kappa shape index (κ2) is 4.58. The van der Waals surface area contributed by atoms with Gasteiger partial charge in [0, 0.05) is 0 Å². The largest absolute Gasteiger partial charge is 0.395 e. The molecule has 2 aromatic rings. The number of halogens is 1. The van der Waals surface area contributed by atoms with Crippen molar-refractivity contribution in [1.29, 1.82) is 0 Å². The first-order chi connectivity index (χ1) is 9.13. The Bertz CT molecular complexity index is 609. The first kappa shape index (κ1) is 12.6. The minimum atomic E-state index is -1.50. The lowest BCUT2D eigenvalue weighted by Gasteiger charge is -2.14. The Kier molecular flexibility index (Phi) is 3.03. The van der Waals surface area contributed by atoms with Crippen molar-refractivity contribution in [3.8, 4) is 0 Å². The number of nitrogens with zero attached hydrogens (tertiary/aromatic N) is 4. The van der Waals surface area contributed by atoms with Gasteiger partial charge in [0.05, 0.1) is 18.2 Å². The maximum atomic E-state index is 14.1. The van der Waals surface area contributed by atoms with Crippen molar-refractivity contribution in [3.05, 3.63) is 12.7 Å². The van der Waals surface area contributed by atoms with Crippen molar-refractivity contribution in [2.24, 2.45) is 0 Å². The second-order valence-electron chi connectivity index (χ2n) is 4.27. The van der Waals surface area contributed by atoms with Gasteiger partial charge in [-0.1, -0.05) is 0 Å². The van der Waals surface area contributed by atoms with Crippen molar-refractivity contribution in [1.82, 2.24) is 19.5 Å². The van der Waals surface area contributed by atoms with Crippen LogP contribution in [-0.4, -0.2) is 53.9 Å². The zero-order valence-corrected chi connectivity index (χ0v) is 10.5. The number of aliphatic hydroxyl groups excluding tert-OH is 2. The second-order valence-corrected chi connectivity index (χ2v) is 5.63. The molecule has 4 N–H and O–H groups in total. The molecule has 0 amide bonds. The highest BCUT2D eigenvalue weighted by Gasteiger charge is 2.44. The lowest BCUT2D eigenvalue weighted by Crippen LogP contribution is -2.29. The number of alkyl halides is 1. The Hall–Kier alpha value is -1.45. The molecule has 1 aliphatic heterocycles. The van der Waals surface area contributed by atoms with Gasteiger partial charge in [-0.25, -0.2) is 19.3 Å². The molecule has 2 aromatic heterocycles. The zero-order chi connectivity index (χ0) is 13.6. The SMILES string of the molecule is Nc1ncnc2c1ncn2[C@@H]1S[C@H](CO)C(O)C1F. The van der Waals surface area contributed by atoms with E-state index in [-0.39, 0.29) is 12.4 Å². The lowest BCUT2D eigenvalue weighted by molar-refractivity contribution is 0.0642. The third kappa shape index (κ3) is 1.85. The van der Waals surface area contributed by atoms with Crippen LogP contribution in [0.4, 0.5) is 10.2 Å². The van der Waals surface area contributed by atoms with E-state index in [1.807, 2.05) is 0 Å². The van der Waals surface area contributed by atoms with Gasteiger partial charge in [-0.3, -0.25) is 4.57 Å². The van der Waals surface area contributed by atoms with E-state index in [0.717, 1.165) is 11.8 Å². The number of imidazole rings is 1. The van der Waals surface area contributed by atoms with E-state index in [1.165, 1.54) is 17.2 Å². The smallest absolute Gasteiger partial charge is 0.166 e. The van der Waals surface area contributed by atoms with Gasteiger partial charge < -0.3 is 15.9 Å². The van der Waals surface area contributed by atoms with Gasteiger partial charge in [-0.15, -0.1) is 11.8 Å². The third-order valence-corrected chi connectivity index (χ3v) is 4.68. The van der Waals surface area contributed by atoms with E-state index in [0.29, 0.717) is 11.2 Å². The molecular weight excluding hydrogens is 273 g/mol. The quantitative estimate of drug-likeness (QED) is 0.695. The molecule has 0 radical (unpaired) electrons. The summed E-state index contributed by atoms with van der Waals surface area (Å²) in [6.07, 6.45) is -0.0119. The van der Waals surface area contributed by atoms with Crippen LogP contribution in [0.25, 0.3) is 11.2 Å². The van der Waals surface area contributed by atoms with Gasteiger partial charge in [0.15, 0.2) is 17.6 Å². The zero-order valence-electron chi connectivity index (χ0n) is 9.72. The molecule has 3 heterocycles. The summed E-state index contributed by atoms with van der Waals surface area (Å²) in [5.74, 6) is 0.224. The number of fused-ring (bicyclic) bond motifs is 1. The van der Waals surface area contributed by atoms with Crippen LogP contribution >= 0.6 is 11.8 Å². The van der Waals surface area contributed by atoms with E-state index in [9.17, 15) is 9.50 Å². The molecular formula is C10H12FN5O2S. The number of aromatic nitrogens is 4. The molecule has 1 aliphatic rings. The molecule has 1 fully saturated rings. The van der Waals surface area contributed by atoms with Crippen LogP contribution in [0.2, 0.25) is 0 Å². The van der Waals surface area contributed by atoms with Gasteiger partial charge >= 0.3 is 0 Å². The fourth-order valence-corrected chi connectivity index (χ4v) is 3.49. The number of nitrogen functional groups attached to an aromatic ring is 1. The van der Waals surface area contributed by atoms with Crippen LogP contribution in [0.1, 0.15) is 5.37 Å². The van der Waals surface area contributed by atoms with E-state index < -0.39 is 22.9 Å². The summed E-state index contributed by atoms with van der Waals surface area (Å²) in [5.41, 5.74) is 6.48. The molecule has 1 saturated heterocycles. The highest BCUT2D eigenvalue weighted by Crippen LogP contribution is 2.44. The van der Waals surface area contributed by atoms with E-state index >= 15 is 0 Å². The number of rotatable bonds is 2. The van der Waals surface area contributed by atoms with Gasteiger partial charge in [-0.2, -0.15) is 0 Å². The van der Waals surface area contributed by atoms with Gasteiger partial charge in [0.1, 0.15) is 23.3 Å². The third-order valence-electron chi connectivity index (χ3n) is 3.13.